The van der Waals surface area contributed by atoms with Gasteiger partial charge < -0.3 is 0 Å². The molecule has 0 fully saturated rings. The fraction of sp³-hybridized carbons (Fsp3) is 0.357. The molecule has 9 heteroatoms. The van der Waals surface area contributed by atoms with Crippen LogP contribution in [0, 0.1) is 0 Å². The lowest BCUT2D eigenvalue weighted by Crippen LogP contribution is -2.26. The van der Waals surface area contributed by atoms with Crippen molar-refractivity contribution in [2.24, 2.45) is 7.05 Å². The van der Waals surface area contributed by atoms with Crippen LogP contribution in [0.4, 0.5) is 0 Å². The van der Waals surface area contributed by atoms with Crippen LogP contribution in [0.15, 0.2) is 47.6 Å². The Balaban J connectivity index is 1.83. The van der Waals surface area contributed by atoms with E-state index in [4.69, 9.17) is 0 Å². The minimum atomic E-state index is -3.64. The Morgan fingerprint density at radius 2 is 1.83 bits per heavy atom. The molecule has 0 amide bonds. The van der Waals surface area contributed by atoms with Gasteiger partial charge in [0.1, 0.15) is 4.90 Å². The van der Waals surface area contributed by atoms with Crippen molar-refractivity contribution < 1.29 is 16.8 Å². The molecule has 0 radical (unpaired) electrons. The Kier molecular flexibility index (Phi) is 5.55. The van der Waals surface area contributed by atoms with E-state index in [0.717, 1.165) is 5.56 Å². The Morgan fingerprint density at radius 1 is 1.13 bits per heavy atom. The molecule has 0 unspecified atom stereocenters. The van der Waals surface area contributed by atoms with Gasteiger partial charge in [0.15, 0.2) is 9.84 Å². The molecule has 126 valence electrons. The maximum Gasteiger partial charge on any atom is 0.243 e. The van der Waals surface area contributed by atoms with Crippen LogP contribution in [-0.4, -0.2) is 38.9 Å². The minimum absolute atomic E-state index is 0.0385. The molecule has 0 saturated heterocycles. The molecular weight excluding hydrogens is 338 g/mol. The molecule has 2 rings (SSSR count). The quantitative estimate of drug-likeness (QED) is 0.702. The third-order valence-corrected chi connectivity index (χ3v) is 6.24. The number of rotatable bonds is 8. The summed E-state index contributed by atoms with van der Waals surface area (Å²) in [5.41, 5.74) is 0.725. The van der Waals surface area contributed by atoms with Crippen LogP contribution in [0.3, 0.4) is 0 Å². The van der Waals surface area contributed by atoms with Crippen molar-refractivity contribution in [3.63, 3.8) is 0 Å². The second kappa shape index (κ2) is 7.24. The predicted octanol–water partition coefficient (Wildman–Crippen LogP) is 0.704. The fourth-order valence-electron chi connectivity index (χ4n) is 2.02. The Labute approximate surface area is 136 Å². The zero-order chi connectivity index (χ0) is 16.9. The number of aromatic nitrogens is 2. The molecule has 1 aromatic heterocycles. The van der Waals surface area contributed by atoms with Gasteiger partial charge in [-0.1, -0.05) is 30.3 Å². The standard InChI is InChI=1S/C14H19N3O4S2/c1-17-11-14(10-15-17)23(20,21)16-8-5-9-22(18,19)12-13-6-3-2-4-7-13/h2-4,6-7,10-11,16H,5,8-9,12H2,1H3. The van der Waals surface area contributed by atoms with Crippen molar-refractivity contribution in [1.29, 1.82) is 0 Å². The molecular formula is C14H19N3O4S2. The minimum Gasteiger partial charge on any atom is -0.274 e. The van der Waals surface area contributed by atoms with Gasteiger partial charge in [-0.15, -0.1) is 0 Å². The molecule has 0 spiro atoms. The second-order valence-corrected chi connectivity index (χ2v) is 9.13. The van der Waals surface area contributed by atoms with Crippen molar-refractivity contribution in [3.05, 3.63) is 48.3 Å². The van der Waals surface area contributed by atoms with Gasteiger partial charge in [-0.3, -0.25) is 4.68 Å². The molecule has 0 atom stereocenters. The van der Waals surface area contributed by atoms with E-state index in [0.29, 0.717) is 0 Å². The summed E-state index contributed by atoms with van der Waals surface area (Å²) < 4.78 is 51.7. The topological polar surface area (TPSA) is 98.1 Å². The van der Waals surface area contributed by atoms with Crippen LogP contribution in [0.5, 0.6) is 0 Å². The van der Waals surface area contributed by atoms with E-state index in [1.807, 2.05) is 6.07 Å². The number of sulfonamides is 1. The maximum absolute atomic E-state index is 12.0. The number of hydrogen-bond acceptors (Lipinski definition) is 5. The lowest BCUT2D eigenvalue weighted by atomic mass is 10.2. The van der Waals surface area contributed by atoms with E-state index < -0.39 is 19.9 Å². The van der Waals surface area contributed by atoms with E-state index in [1.54, 1.807) is 31.3 Å². The lowest BCUT2D eigenvalue weighted by molar-refractivity contribution is 0.576. The highest BCUT2D eigenvalue weighted by molar-refractivity contribution is 7.90. The summed E-state index contributed by atoms with van der Waals surface area (Å²) in [5, 5.41) is 3.80. The molecule has 2 aromatic rings. The summed E-state index contributed by atoms with van der Waals surface area (Å²) in [6.07, 6.45) is 2.84. The molecule has 1 N–H and O–H groups in total. The second-order valence-electron chi connectivity index (χ2n) is 5.18. The summed E-state index contributed by atoms with van der Waals surface area (Å²) in [5.74, 6) is -0.110. The molecule has 1 aromatic carbocycles. The van der Waals surface area contributed by atoms with Crippen molar-refractivity contribution in [2.75, 3.05) is 12.3 Å². The van der Waals surface area contributed by atoms with E-state index >= 15 is 0 Å². The first-order valence-electron chi connectivity index (χ1n) is 7.01. The van der Waals surface area contributed by atoms with E-state index in [2.05, 4.69) is 9.82 Å². The van der Waals surface area contributed by atoms with Crippen molar-refractivity contribution >= 4 is 19.9 Å². The van der Waals surface area contributed by atoms with Crippen molar-refractivity contribution in [1.82, 2.24) is 14.5 Å². The first-order valence-corrected chi connectivity index (χ1v) is 10.3. The fourth-order valence-corrected chi connectivity index (χ4v) is 4.51. The summed E-state index contributed by atoms with van der Waals surface area (Å²) in [6, 6.07) is 8.90. The van der Waals surface area contributed by atoms with Crippen LogP contribution in [0.1, 0.15) is 12.0 Å². The molecule has 0 aliphatic carbocycles. The van der Waals surface area contributed by atoms with Gasteiger partial charge in [0, 0.05) is 19.8 Å². The normalized spacial score (nSPS) is 12.4. The van der Waals surface area contributed by atoms with Gasteiger partial charge in [-0.05, 0) is 12.0 Å². The number of hydrogen-bond donors (Lipinski definition) is 1. The first kappa shape index (κ1) is 17.6. The van der Waals surface area contributed by atoms with Gasteiger partial charge in [-0.2, -0.15) is 5.10 Å². The monoisotopic (exact) mass is 357 g/mol. The lowest BCUT2D eigenvalue weighted by Gasteiger charge is -2.06. The average Bonchev–Trinajstić information content (AvgIpc) is 2.92. The number of sulfone groups is 1. The van der Waals surface area contributed by atoms with Gasteiger partial charge in [0.25, 0.3) is 0 Å². The van der Waals surface area contributed by atoms with Crippen molar-refractivity contribution in [2.45, 2.75) is 17.1 Å². The predicted molar refractivity (Wildman–Crippen MR) is 86.9 cm³/mol. The summed E-state index contributed by atoms with van der Waals surface area (Å²) in [6.45, 7) is 0.0608. The number of benzene rings is 1. The van der Waals surface area contributed by atoms with Gasteiger partial charge in [0.05, 0.1) is 17.7 Å². The number of nitrogens with one attached hydrogen (secondary N) is 1. The Hall–Kier alpha value is -1.71. The van der Waals surface area contributed by atoms with Gasteiger partial charge in [-0.25, -0.2) is 21.6 Å². The summed E-state index contributed by atoms with van der Waals surface area (Å²) >= 11 is 0. The highest BCUT2D eigenvalue weighted by atomic mass is 32.2. The molecule has 0 bridgehead atoms. The zero-order valence-electron chi connectivity index (χ0n) is 12.7. The number of aryl methyl sites for hydroxylation is 1. The average molecular weight is 357 g/mol. The van der Waals surface area contributed by atoms with E-state index in [1.165, 1.54) is 17.1 Å². The SMILES string of the molecule is Cn1cc(S(=O)(=O)NCCCS(=O)(=O)Cc2ccccc2)cn1. The maximum atomic E-state index is 12.0. The van der Waals surface area contributed by atoms with Gasteiger partial charge in [0.2, 0.25) is 10.0 Å². The van der Waals surface area contributed by atoms with Crippen LogP contribution in [0.25, 0.3) is 0 Å². The number of nitrogens with zero attached hydrogens (tertiary/aromatic N) is 2. The van der Waals surface area contributed by atoms with Crippen LogP contribution < -0.4 is 4.72 Å². The molecule has 0 aliphatic rings. The third kappa shape index (κ3) is 5.45. The van der Waals surface area contributed by atoms with Gasteiger partial charge >= 0.3 is 0 Å². The Bertz CT molecular complexity index is 843. The molecule has 0 aliphatic heterocycles. The van der Waals surface area contributed by atoms with E-state index in [9.17, 15) is 16.8 Å². The third-order valence-electron chi connectivity index (χ3n) is 3.15. The summed E-state index contributed by atoms with van der Waals surface area (Å²) in [7, 11) is -5.29. The highest BCUT2D eigenvalue weighted by Crippen LogP contribution is 2.08. The highest BCUT2D eigenvalue weighted by Gasteiger charge is 2.16. The first-order chi connectivity index (χ1) is 10.8. The van der Waals surface area contributed by atoms with E-state index in [-0.39, 0.29) is 29.4 Å². The smallest absolute Gasteiger partial charge is 0.243 e. The Morgan fingerprint density at radius 3 is 2.43 bits per heavy atom. The molecule has 0 saturated carbocycles. The largest absolute Gasteiger partial charge is 0.274 e. The molecule has 23 heavy (non-hydrogen) atoms. The van der Waals surface area contributed by atoms with Crippen LogP contribution in [0.2, 0.25) is 0 Å². The van der Waals surface area contributed by atoms with Crippen LogP contribution in [-0.2, 0) is 32.7 Å². The molecule has 1 heterocycles. The molecule has 7 nitrogen and oxygen atoms in total. The van der Waals surface area contributed by atoms with Crippen LogP contribution >= 0.6 is 0 Å². The summed E-state index contributed by atoms with van der Waals surface area (Å²) in [4.78, 5) is 0.0622. The zero-order valence-corrected chi connectivity index (χ0v) is 14.3. The van der Waals surface area contributed by atoms with Crippen molar-refractivity contribution in [3.8, 4) is 0 Å².